The first kappa shape index (κ1) is 17.5. The standard InChI is InChI=1S/C18H22N2O4S/c1-11-9-15-10-14(6-7-16(15)20(11)25(4,22)23)18(21)19-13(3)17-8-5-12(2)24-17/h5-8,10-11,13H,9H2,1-4H3,(H,19,21). The summed E-state index contributed by atoms with van der Waals surface area (Å²) in [6.45, 7) is 5.58. The van der Waals surface area contributed by atoms with Crippen LogP contribution < -0.4 is 9.62 Å². The average molecular weight is 362 g/mol. The van der Waals surface area contributed by atoms with Gasteiger partial charge in [-0.1, -0.05) is 0 Å². The lowest BCUT2D eigenvalue weighted by Crippen LogP contribution is -2.34. The Balaban J connectivity index is 1.81. The molecule has 2 unspecified atom stereocenters. The normalized spacial score (nSPS) is 18.1. The molecule has 2 atom stereocenters. The number of amides is 1. The lowest BCUT2D eigenvalue weighted by Gasteiger charge is -2.22. The average Bonchev–Trinajstić information content (AvgIpc) is 3.08. The maximum absolute atomic E-state index is 12.5. The van der Waals surface area contributed by atoms with Gasteiger partial charge in [-0.15, -0.1) is 0 Å². The maximum atomic E-state index is 12.5. The molecular weight excluding hydrogens is 340 g/mol. The number of carbonyl (C=O) groups is 1. The van der Waals surface area contributed by atoms with E-state index in [9.17, 15) is 13.2 Å². The minimum atomic E-state index is -3.33. The molecule has 1 aliphatic heterocycles. The minimum absolute atomic E-state index is 0.145. The van der Waals surface area contributed by atoms with E-state index in [-0.39, 0.29) is 18.0 Å². The number of nitrogens with one attached hydrogen (secondary N) is 1. The number of anilines is 1. The van der Waals surface area contributed by atoms with Crippen LogP contribution in [0, 0.1) is 6.92 Å². The number of aryl methyl sites for hydroxylation is 1. The van der Waals surface area contributed by atoms with Crippen molar-refractivity contribution in [3.05, 3.63) is 53.0 Å². The summed E-state index contributed by atoms with van der Waals surface area (Å²) in [6, 6.07) is 8.44. The molecule has 0 saturated heterocycles. The summed E-state index contributed by atoms with van der Waals surface area (Å²) >= 11 is 0. The van der Waals surface area contributed by atoms with Crippen molar-refractivity contribution >= 4 is 21.6 Å². The van der Waals surface area contributed by atoms with Crippen LogP contribution in [0.5, 0.6) is 0 Å². The van der Waals surface area contributed by atoms with E-state index < -0.39 is 10.0 Å². The van der Waals surface area contributed by atoms with E-state index in [1.54, 1.807) is 18.2 Å². The Bertz CT molecular complexity index is 917. The fourth-order valence-electron chi connectivity index (χ4n) is 3.29. The molecule has 1 N–H and O–H groups in total. The van der Waals surface area contributed by atoms with Crippen molar-refractivity contribution in [3.8, 4) is 0 Å². The van der Waals surface area contributed by atoms with Crippen molar-refractivity contribution in [2.45, 2.75) is 39.3 Å². The number of carbonyl (C=O) groups excluding carboxylic acids is 1. The predicted octanol–water partition coefficient (Wildman–Crippen LogP) is 2.79. The van der Waals surface area contributed by atoms with Crippen LogP contribution in [0.25, 0.3) is 0 Å². The van der Waals surface area contributed by atoms with Gasteiger partial charge in [-0.05, 0) is 63.1 Å². The van der Waals surface area contributed by atoms with E-state index in [0.717, 1.165) is 11.3 Å². The van der Waals surface area contributed by atoms with Gasteiger partial charge in [0.15, 0.2) is 0 Å². The van der Waals surface area contributed by atoms with Gasteiger partial charge in [-0.2, -0.15) is 0 Å². The van der Waals surface area contributed by atoms with Gasteiger partial charge < -0.3 is 9.73 Å². The third-order valence-electron chi connectivity index (χ3n) is 4.39. The van der Waals surface area contributed by atoms with Crippen molar-refractivity contribution in [3.63, 3.8) is 0 Å². The van der Waals surface area contributed by atoms with Crippen LogP contribution in [0.4, 0.5) is 5.69 Å². The van der Waals surface area contributed by atoms with Crippen molar-refractivity contribution in [1.29, 1.82) is 0 Å². The summed E-state index contributed by atoms with van der Waals surface area (Å²) in [6.07, 6.45) is 1.79. The monoisotopic (exact) mass is 362 g/mol. The van der Waals surface area contributed by atoms with Crippen LogP contribution in [-0.4, -0.2) is 26.6 Å². The van der Waals surface area contributed by atoms with Gasteiger partial charge in [-0.25, -0.2) is 8.42 Å². The molecule has 1 amide bonds. The number of furan rings is 1. The molecule has 2 aromatic rings. The molecule has 1 aromatic carbocycles. The Morgan fingerprint density at radius 2 is 2.04 bits per heavy atom. The molecule has 1 aliphatic rings. The van der Waals surface area contributed by atoms with E-state index in [1.165, 1.54) is 10.6 Å². The van der Waals surface area contributed by atoms with Crippen LogP contribution in [0.1, 0.15) is 47.3 Å². The highest BCUT2D eigenvalue weighted by atomic mass is 32.2. The Morgan fingerprint density at radius 1 is 1.32 bits per heavy atom. The summed E-state index contributed by atoms with van der Waals surface area (Å²) in [7, 11) is -3.33. The molecule has 134 valence electrons. The minimum Gasteiger partial charge on any atom is -0.464 e. The first-order chi connectivity index (χ1) is 11.7. The van der Waals surface area contributed by atoms with Gasteiger partial charge in [0.25, 0.3) is 5.91 Å². The second kappa shape index (κ2) is 6.22. The molecular formula is C18H22N2O4S. The number of sulfonamides is 1. The smallest absolute Gasteiger partial charge is 0.251 e. The third kappa shape index (κ3) is 3.42. The number of nitrogens with zero attached hydrogens (tertiary/aromatic N) is 1. The summed E-state index contributed by atoms with van der Waals surface area (Å²) in [5, 5.41) is 2.91. The molecule has 0 spiro atoms. The number of benzene rings is 1. The highest BCUT2D eigenvalue weighted by Gasteiger charge is 2.32. The van der Waals surface area contributed by atoms with E-state index in [2.05, 4.69) is 5.32 Å². The van der Waals surface area contributed by atoms with Crippen molar-refractivity contribution < 1.29 is 17.6 Å². The summed E-state index contributed by atoms with van der Waals surface area (Å²) < 4.78 is 30.9. The quantitative estimate of drug-likeness (QED) is 0.907. The Kier molecular flexibility index (Phi) is 4.36. The SMILES string of the molecule is Cc1ccc(C(C)NC(=O)c2ccc3c(c2)CC(C)N3S(C)(=O)=O)o1. The van der Waals surface area contributed by atoms with Gasteiger partial charge in [-0.3, -0.25) is 9.10 Å². The van der Waals surface area contributed by atoms with Crippen LogP contribution in [0.2, 0.25) is 0 Å². The van der Waals surface area contributed by atoms with Crippen LogP contribution in [-0.2, 0) is 16.4 Å². The van der Waals surface area contributed by atoms with E-state index in [4.69, 9.17) is 4.42 Å². The predicted molar refractivity (Wildman–Crippen MR) is 96.3 cm³/mol. The first-order valence-corrected chi connectivity index (χ1v) is 10.0. The van der Waals surface area contributed by atoms with Crippen molar-refractivity contribution in [1.82, 2.24) is 5.32 Å². The number of hydrogen-bond acceptors (Lipinski definition) is 4. The third-order valence-corrected chi connectivity index (χ3v) is 5.66. The lowest BCUT2D eigenvalue weighted by molar-refractivity contribution is 0.0935. The molecule has 0 fully saturated rings. The molecule has 0 bridgehead atoms. The molecule has 0 radical (unpaired) electrons. The number of fused-ring (bicyclic) bond motifs is 1. The zero-order chi connectivity index (χ0) is 18.4. The summed E-state index contributed by atoms with van der Waals surface area (Å²) in [4.78, 5) is 12.5. The zero-order valence-corrected chi connectivity index (χ0v) is 15.6. The summed E-state index contributed by atoms with van der Waals surface area (Å²) in [5.41, 5.74) is 2.03. The van der Waals surface area contributed by atoms with Crippen LogP contribution in [0.15, 0.2) is 34.7 Å². The maximum Gasteiger partial charge on any atom is 0.251 e. The van der Waals surface area contributed by atoms with Gasteiger partial charge in [0.05, 0.1) is 18.0 Å². The first-order valence-electron chi connectivity index (χ1n) is 8.16. The molecule has 6 nitrogen and oxygen atoms in total. The molecule has 3 rings (SSSR count). The highest BCUT2D eigenvalue weighted by molar-refractivity contribution is 7.92. The fraction of sp³-hybridized carbons (Fsp3) is 0.389. The van der Waals surface area contributed by atoms with Crippen molar-refractivity contribution in [2.24, 2.45) is 0 Å². The Morgan fingerprint density at radius 3 is 2.64 bits per heavy atom. The zero-order valence-electron chi connectivity index (χ0n) is 14.7. The number of rotatable bonds is 4. The van der Waals surface area contributed by atoms with Crippen LogP contribution >= 0.6 is 0 Å². The van der Waals surface area contributed by atoms with E-state index in [0.29, 0.717) is 23.4 Å². The topological polar surface area (TPSA) is 79.6 Å². The number of hydrogen-bond donors (Lipinski definition) is 1. The largest absolute Gasteiger partial charge is 0.464 e. The van der Waals surface area contributed by atoms with Gasteiger partial charge in [0.1, 0.15) is 11.5 Å². The van der Waals surface area contributed by atoms with Crippen LogP contribution in [0.3, 0.4) is 0 Å². The second-order valence-corrected chi connectivity index (χ2v) is 8.46. The summed E-state index contributed by atoms with van der Waals surface area (Å²) in [5.74, 6) is 1.28. The van der Waals surface area contributed by atoms with E-state index >= 15 is 0 Å². The molecule has 7 heteroatoms. The molecule has 1 aromatic heterocycles. The molecule has 0 saturated carbocycles. The molecule has 0 aliphatic carbocycles. The Hall–Kier alpha value is -2.28. The van der Waals surface area contributed by atoms with Gasteiger partial charge in [0, 0.05) is 11.6 Å². The highest BCUT2D eigenvalue weighted by Crippen LogP contribution is 2.34. The second-order valence-electron chi connectivity index (χ2n) is 6.60. The Labute approximate surface area is 147 Å². The molecule has 2 heterocycles. The van der Waals surface area contributed by atoms with Gasteiger partial charge >= 0.3 is 0 Å². The van der Waals surface area contributed by atoms with E-state index in [1.807, 2.05) is 32.9 Å². The lowest BCUT2D eigenvalue weighted by atomic mass is 10.1. The molecule has 25 heavy (non-hydrogen) atoms. The van der Waals surface area contributed by atoms with Crippen molar-refractivity contribution in [2.75, 3.05) is 10.6 Å². The van der Waals surface area contributed by atoms with Gasteiger partial charge in [0.2, 0.25) is 10.0 Å². The fourth-order valence-corrected chi connectivity index (χ4v) is 4.55.